The van der Waals surface area contributed by atoms with Gasteiger partial charge in [-0.1, -0.05) is 50.2 Å². The van der Waals surface area contributed by atoms with Gasteiger partial charge in [0.25, 0.3) is 5.91 Å². The van der Waals surface area contributed by atoms with Crippen LogP contribution in [0.4, 0.5) is 13.2 Å². The lowest BCUT2D eigenvalue weighted by Gasteiger charge is -2.29. The Labute approximate surface area is 310 Å². The van der Waals surface area contributed by atoms with Crippen molar-refractivity contribution in [3.05, 3.63) is 106 Å². The van der Waals surface area contributed by atoms with Gasteiger partial charge in [0.15, 0.2) is 40.0 Å². The number of alkyl halides is 3. The molecule has 0 spiro atoms. The highest BCUT2D eigenvalue weighted by molar-refractivity contribution is 6.09. The number of halogens is 3. The first-order chi connectivity index (χ1) is 25.9. The minimum Gasteiger partial charge on any atom is -0.493 e. The number of fused-ring (bicyclic) bond motifs is 2. The van der Waals surface area contributed by atoms with E-state index in [0.29, 0.717) is 45.2 Å². The van der Waals surface area contributed by atoms with Gasteiger partial charge in [-0.05, 0) is 83.9 Å². The van der Waals surface area contributed by atoms with Crippen LogP contribution in [-0.2, 0) is 6.18 Å². The van der Waals surface area contributed by atoms with Crippen molar-refractivity contribution in [3.63, 3.8) is 0 Å². The lowest BCUT2D eigenvalue weighted by Crippen LogP contribution is -2.32. The molecule has 0 bridgehead atoms. The quantitative estimate of drug-likeness (QED) is 0.149. The van der Waals surface area contributed by atoms with Gasteiger partial charge in [0.1, 0.15) is 0 Å². The summed E-state index contributed by atoms with van der Waals surface area (Å²) in [5.74, 6) is 1.50. The Morgan fingerprint density at radius 2 is 1.52 bits per heavy atom. The number of benzene rings is 3. The fourth-order valence-electron chi connectivity index (χ4n) is 7.27. The third-order valence-corrected chi connectivity index (χ3v) is 10.0. The Bertz CT molecular complexity index is 2280. The summed E-state index contributed by atoms with van der Waals surface area (Å²) in [6.45, 7) is 4.08. The highest BCUT2D eigenvalue weighted by Gasteiger charge is 2.45. The minimum absolute atomic E-state index is 0.114. The number of nitrogens with zero attached hydrogens (tertiary/aromatic N) is 5. The number of hydrogen-bond acceptors (Lipinski definition) is 8. The number of carbonyl (C=O) groups is 1. The van der Waals surface area contributed by atoms with E-state index in [9.17, 15) is 18.0 Å². The lowest BCUT2D eigenvalue weighted by molar-refractivity contribution is -0.142. The van der Waals surface area contributed by atoms with Crippen LogP contribution in [0.5, 0.6) is 23.0 Å². The molecule has 13 heteroatoms. The molecule has 0 N–H and O–H groups in total. The molecule has 3 heterocycles. The van der Waals surface area contributed by atoms with E-state index in [1.165, 1.54) is 25.3 Å². The van der Waals surface area contributed by atoms with Crippen LogP contribution in [0.2, 0.25) is 0 Å². The Morgan fingerprint density at radius 3 is 2.17 bits per heavy atom. The van der Waals surface area contributed by atoms with E-state index in [4.69, 9.17) is 24.0 Å². The van der Waals surface area contributed by atoms with Gasteiger partial charge in [-0.3, -0.25) is 4.79 Å². The third kappa shape index (κ3) is 6.74. The molecule has 2 unspecified atom stereocenters. The molecule has 1 amide bonds. The van der Waals surface area contributed by atoms with Gasteiger partial charge in [0.2, 0.25) is 0 Å². The molecule has 1 aliphatic carbocycles. The number of carbonyl (C=O) groups excluding carboxylic acids is 1. The second kappa shape index (κ2) is 14.5. The molecule has 0 saturated heterocycles. The molecular formula is C41H40F3N5O5. The van der Waals surface area contributed by atoms with Gasteiger partial charge in [-0.2, -0.15) is 23.4 Å². The molecule has 1 saturated carbocycles. The van der Waals surface area contributed by atoms with Crippen molar-refractivity contribution in [3.8, 4) is 34.3 Å². The van der Waals surface area contributed by atoms with Crippen LogP contribution in [0.3, 0.4) is 0 Å². The molecule has 54 heavy (non-hydrogen) atoms. The van der Waals surface area contributed by atoms with Crippen LogP contribution in [-0.4, -0.2) is 59.7 Å². The van der Waals surface area contributed by atoms with Gasteiger partial charge in [0.05, 0.1) is 45.9 Å². The number of amides is 1. The highest BCUT2D eigenvalue weighted by atomic mass is 19.4. The van der Waals surface area contributed by atoms with E-state index in [0.717, 1.165) is 41.2 Å². The van der Waals surface area contributed by atoms with Crippen molar-refractivity contribution >= 4 is 23.3 Å². The molecule has 5 aromatic rings. The van der Waals surface area contributed by atoms with Gasteiger partial charge in [-0.25, -0.2) is 14.5 Å². The Kier molecular flexibility index (Phi) is 9.82. The van der Waals surface area contributed by atoms with Crippen molar-refractivity contribution in [1.82, 2.24) is 19.6 Å². The molecule has 2 atom stereocenters. The molecule has 0 radical (unpaired) electrons. The number of ether oxygens (including phenoxy) is 4. The standard InChI is InChI=1S/C41H40F3N5O5/c1-23(2)25-11-13-26(14-12-25)30-21-36(41(42,43)44)48-37(45-30)22-31(46-48)40(50)49-39(28-15-17-33(52-4)35(20-28)54-6)29-9-7-8-27(38(29)47-49)18-24-10-16-32(51-3)34(19-24)53-5/h10-23,29,39H,7-9H2,1-6H3/b27-18+. The monoisotopic (exact) mass is 739 g/mol. The summed E-state index contributed by atoms with van der Waals surface area (Å²) in [6, 6.07) is 19.9. The molecule has 3 aromatic carbocycles. The third-order valence-electron chi connectivity index (χ3n) is 10.0. The van der Waals surface area contributed by atoms with Crippen LogP contribution >= 0.6 is 0 Å². The number of rotatable bonds is 9. The molecule has 2 aliphatic rings. The predicted molar refractivity (Wildman–Crippen MR) is 198 cm³/mol. The fraction of sp³-hybridized carbons (Fsp3) is 0.317. The largest absolute Gasteiger partial charge is 0.493 e. The second-order valence-electron chi connectivity index (χ2n) is 13.6. The Morgan fingerprint density at radius 1 is 0.852 bits per heavy atom. The topological polar surface area (TPSA) is 99.8 Å². The summed E-state index contributed by atoms with van der Waals surface area (Å²) in [7, 11) is 6.21. The van der Waals surface area contributed by atoms with Gasteiger partial charge in [-0.15, -0.1) is 0 Å². The summed E-state index contributed by atoms with van der Waals surface area (Å²) >= 11 is 0. The number of aromatic nitrogens is 3. The first-order valence-electron chi connectivity index (χ1n) is 17.6. The van der Waals surface area contributed by atoms with E-state index in [1.54, 1.807) is 38.5 Å². The SMILES string of the molecule is COc1ccc(/C=C2\CCCC3C2=NN(C(=O)c2cc4nc(-c5ccc(C(C)C)cc5)cc(C(F)(F)F)n4n2)C3c2ccc(OC)c(OC)c2)cc1OC. The predicted octanol–water partition coefficient (Wildman–Crippen LogP) is 9.01. The van der Waals surface area contributed by atoms with Gasteiger partial charge >= 0.3 is 6.18 Å². The first-order valence-corrected chi connectivity index (χ1v) is 17.6. The van der Waals surface area contributed by atoms with Crippen LogP contribution in [0.1, 0.15) is 77.9 Å². The molecule has 10 nitrogen and oxygen atoms in total. The summed E-state index contributed by atoms with van der Waals surface area (Å²) in [6.07, 6.45) is -0.517. The van der Waals surface area contributed by atoms with Crippen LogP contribution in [0.25, 0.3) is 23.0 Å². The zero-order chi connectivity index (χ0) is 38.3. The molecular weight excluding hydrogens is 699 g/mol. The van der Waals surface area contributed by atoms with Crippen LogP contribution < -0.4 is 18.9 Å². The number of hydrogen-bond donors (Lipinski definition) is 0. The molecule has 1 aliphatic heterocycles. The van der Waals surface area contributed by atoms with E-state index in [2.05, 4.69) is 10.1 Å². The number of hydrazone groups is 1. The maximum absolute atomic E-state index is 14.6. The zero-order valence-electron chi connectivity index (χ0n) is 30.8. The minimum atomic E-state index is -4.78. The zero-order valence-corrected chi connectivity index (χ0v) is 30.8. The average molecular weight is 740 g/mol. The summed E-state index contributed by atoms with van der Waals surface area (Å²) in [5, 5.41) is 10.5. The summed E-state index contributed by atoms with van der Waals surface area (Å²) in [4.78, 5) is 19.1. The molecule has 280 valence electrons. The molecule has 7 rings (SSSR count). The van der Waals surface area contributed by atoms with Crippen LogP contribution in [0.15, 0.2) is 83.5 Å². The van der Waals surface area contributed by atoms with Crippen LogP contribution in [0, 0.1) is 5.92 Å². The fourth-order valence-corrected chi connectivity index (χ4v) is 7.27. The number of methoxy groups -OCH3 is 4. The van der Waals surface area contributed by atoms with Crippen molar-refractivity contribution < 1.29 is 36.9 Å². The van der Waals surface area contributed by atoms with Gasteiger partial charge in [0, 0.05) is 17.5 Å². The Balaban J connectivity index is 1.34. The van der Waals surface area contributed by atoms with E-state index in [1.807, 2.05) is 56.3 Å². The average Bonchev–Trinajstić information content (AvgIpc) is 3.79. The van der Waals surface area contributed by atoms with Crippen molar-refractivity contribution in [2.75, 3.05) is 28.4 Å². The van der Waals surface area contributed by atoms with Crippen molar-refractivity contribution in [1.29, 1.82) is 0 Å². The van der Waals surface area contributed by atoms with Crippen molar-refractivity contribution in [2.45, 2.75) is 51.2 Å². The molecule has 1 fully saturated rings. The Hall–Kier alpha value is -5.85. The number of allylic oxidation sites excluding steroid dienone is 1. The van der Waals surface area contributed by atoms with E-state index in [-0.39, 0.29) is 28.9 Å². The first kappa shape index (κ1) is 36.5. The second-order valence-corrected chi connectivity index (χ2v) is 13.6. The highest BCUT2D eigenvalue weighted by Crippen LogP contribution is 2.47. The van der Waals surface area contributed by atoms with Gasteiger partial charge < -0.3 is 18.9 Å². The maximum atomic E-state index is 14.6. The van der Waals surface area contributed by atoms with Crippen molar-refractivity contribution in [2.24, 2.45) is 11.0 Å². The lowest BCUT2D eigenvalue weighted by atomic mass is 9.77. The van der Waals surface area contributed by atoms with E-state index < -0.39 is 23.8 Å². The normalized spacial score (nSPS) is 17.9. The van der Waals surface area contributed by atoms with E-state index >= 15 is 0 Å². The molecule has 2 aromatic heterocycles. The summed E-state index contributed by atoms with van der Waals surface area (Å²) < 4.78 is 66.4. The summed E-state index contributed by atoms with van der Waals surface area (Å²) in [5.41, 5.74) is 3.53. The maximum Gasteiger partial charge on any atom is 0.433 e. The smallest absolute Gasteiger partial charge is 0.433 e.